The molecule has 0 saturated heterocycles. The maximum absolute atomic E-state index is 13.8. The summed E-state index contributed by atoms with van der Waals surface area (Å²) in [5.74, 6) is -1.29. The number of primary amides is 1. The van der Waals surface area contributed by atoms with Crippen LogP contribution in [0.2, 0.25) is 0 Å². The Kier molecular flexibility index (Phi) is 35.8. The van der Waals surface area contributed by atoms with Gasteiger partial charge in [0.1, 0.15) is 6.04 Å². The van der Waals surface area contributed by atoms with E-state index < -0.39 is 23.8 Å². The number of hydrogen-bond donors (Lipinski definition) is 3. The van der Waals surface area contributed by atoms with Crippen molar-refractivity contribution in [2.45, 2.75) is 246 Å². The van der Waals surface area contributed by atoms with Crippen molar-refractivity contribution in [3.05, 3.63) is 35.4 Å². The number of nitrogens with zero attached hydrogens (tertiary/aromatic N) is 1. The van der Waals surface area contributed by atoms with E-state index in [4.69, 9.17) is 5.73 Å². The molecule has 4 amide bonds. The van der Waals surface area contributed by atoms with Crippen molar-refractivity contribution in [2.75, 3.05) is 19.6 Å². The van der Waals surface area contributed by atoms with Gasteiger partial charge in [-0.15, -0.1) is 0 Å². The monoisotopic (exact) mass is 839 g/mol. The molecular formula is C52H94N4O4. The number of hydrogen-bond acceptors (Lipinski definition) is 4. The Labute approximate surface area is 369 Å². The summed E-state index contributed by atoms with van der Waals surface area (Å²) in [6.07, 6.45) is 42.9. The largest absolute Gasteiger partial charge is 0.368 e. The van der Waals surface area contributed by atoms with E-state index >= 15 is 0 Å². The number of carbonyl (C=O) groups is 4. The zero-order valence-corrected chi connectivity index (χ0v) is 39.6. The molecule has 0 aliphatic heterocycles. The summed E-state index contributed by atoms with van der Waals surface area (Å²) in [5, 5.41) is 5.23. The van der Waals surface area contributed by atoms with Gasteiger partial charge >= 0.3 is 0 Å². The first-order valence-corrected chi connectivity index (χ1v) is 25.5. The molecule has 8 nitrogen and oxygen atoms in total. The maximum atomic E-state index is 13.8. The third-order valence-corrected chi connectivity index (χ3v) is 12.0. The van der Waals surface area contributed by atoms with Gasteiger partial charge in [0.25, 0.3) is 11.8 Å². The first-order chi connectivity index (χ1) is 29.2. The van der Waals surface area contributed by atoms with Crippen molar-refractivity contribution in [3.8, 4) is 0 Å². The van der Waals surface area contributed by atoms with Crippen LogP contribution in [0, 0.1) is 5.92 Å². The van der Waals surface area contributed by atoms with E-state index in [0.717, 1.165) is 38.8 Å². The SMILES string of the molecule is CCCCCCCCCCCCCCCCCCN(CCCCCCCCCCCCCCCCCC)C(=O)c1ccc(C(=O)NCC(=O)N[C@@H](CC(C)C)C(N)=O)cc1. The highest BCUT2D eigenvalue weighted by Gasteiger charge is 2.20. The maximum Gasteiger partial charge on any atom is 0.253 e. The highest BCUT2D eigenvalue weighted by molar-refractivity contribution is 5.99. The molecule has 0 unspecified atom stereocenters. The summed E-state index contributed by atoms with van der Waals surface area (Å²) in [6, 6.07) is 5.95. The molecule has 0 aliphatic carbocycles. The first kappa shape index (κ1) is 55.1. The van der Waals surface area contributed by atoms with Gasteiger partial charge in [-0.05, 0) is 49.4 Å². The third-order valence-electron chi connectivity index (χ3n) is 12.0. The molecule has 0 heterocycles. The molecule has 4 N–H and O–H groups in total. The molecule has 1 rings (SSSR count). The molecule has 8 heteroatoms. The standard InChI is InChI=1S/C52H94N4O4/c1-5-7-9-11-13-15-17-19-21-23-25-27-29-31-33-35-41-56(42-36-34-32-30-28-26-24-22-20-18-16-14-12-10-8-6-2)52(60)47-39-37-46(38-40-47)51(59)54-44-49(57)55-48(50(53)58)43-45(3)4/h37-40,45,48H,5-36,41-44H2,1-4H3,(H2,53,58)(H,54,59)(H,55,57)/t48-/m0/s1. The first-order valence-electron chi connectivity index (χ1n) is 25.5. The second-order valence-corrected chi connectivity index (χ2v) is 18.3. The summed E-state index contributed by atoms with van der Waals surface area (Å²) in [7, 11) is 0. The lowest BCUT2D eigenvalue weighted by Crippen LogP contribution is -2.48. The van der Waals surface area contributed by atoms with E-state index in [-0.39, 0.29) is 18.4 Å². The molecule has 0 aliphatic rings. The van der Waals surface area contributed by atoms with Gasteiger partial charge in [-0.1, -0.05) is 220 Å². The van der Waals surface area contributed by atoms with Crippen LogP contribution in [0.3, 0.4) is 0 Å². The van der Waals surface area contributed by atoms with E-state index in [1.165, 1.54) is 180 Å². The van der Waals surface area contributed by atoms with Crippen LogP contribution in [0.5, 0.6) is 0 Å². The van der Waals surface area contributed by atoms with Crippen LogP contribution >= 0.6 is 0 Å². The summed E-state index contributed by atoms with van der Waals surface area (Å²) < 4.78 is 0. The lowest BCUT2D eigenvalue weighted by atomic mass is 10.0. The fourth-order valence-electron chi connectivity index (χ4n) is 8.19. The van der Waals surface area contributed by atoms with Crippen LogP contribution in [0.25, 0.3) is 0 Å². The molecule has 0 aromatic heterocycles. The van der Waals surface area contributed by atoms with Crippen molar-refractivity contribution in [3.63, 3.8) is 0 Å². The Morgan fingerprint density at radius 1 is 0.500 bits per heavy atom. The van der Waals surface area contributed by atoms with Crippen molar-refractivity contribution in [2.24, 2.45) is 11.7 Å². The lowest BCUT2D eigenvalue weighted by Gasteiger charge is -2.23. The Bertz CT molecular complexity index is 1170. The number of carbonyl (C=O) groups excluding carboxylic acids is 4. The topological polar surface area (TPSA) is 122 Å². The molecule has 0 saturated carbocycles. The van der Waals surface area contributed by atoms with Crippen molar-refractivity contribution < 1.29 is 19.2 Å². The molecule has 1 atom stereocenters. The highest BCUT2D eigenvalue weighted by atomic mass is 16.2. The molecular weight excluding hydrogens is 745 g/mol. The van der Waals surface area contributed by atoms with Gasteiger partial charge in [0.05, 0.1) is 6.54 Å². The highest BCUT2D eigenvalue weighted by Crippen LogP contribution is 2.17. The van der Waals surface area contributed by atoms with Crippen LogP contribution in [0.15, 0.2) is 24.3 Å². The van der Waals surface area contributed by atoms with E-state index in [9.17, 15) is 19.2 Å². The van der Waals surface area contributed by atoms with Crippen LogP contribution < -0.4 is 16.4 Å². The van der Waals surface area contributed by atoms with Crippen molar-refractivity contribution in [1.29, 1.82) is 0 Å². The summed E-state index contributed by atoms with van der Waals surface area (Å²) in [4.78, 5) is 52.8. The smallest absolute Gasteiger partial charge is 0.253 e. The lowest BCUT2D eigenvalue weighted by molar-refractivity contribution is -0.127. The van der Waals surface area contributed by atoms with Gasteiger partial charge in [0.2, 0.25) is 11.8 Å². The summed E-state index contributed by atoms with van der Waals surface area (Å²) in [5.41, 5.74) is 6.39. The van der Waals surface area contributed by atoms with Gasteiger partial charge in [0.15, 0.2) is 0 Å². The fraction of sp³-hybridized carbons (Fsp3) is 0.808. The van der Waals surface area contributed by atoms with E-state index in [1.807, 2.05) is 18.7 Å². The third kappa shape index (κ3) is 31.0. The Hall–Kier alpha value is -2.90. The molecule has 0 bridgehead atoms. The zero-order chi connectivity index (χ0) is 43.9. The van der Waals surface area contributed by atoms with Crippen molar-refractivity contribution >= 4 is 23.6 Å². The molecule has 0 spiro atoms. The number of unbranched alkanes of at least 4 members (excludes halogenated alkanes) is 30. The second kappa shape index (κ2) is 39.0. The molecule has 0 fully saturated rings. The van der Waals surface area contributed by atoms with Crippen LogP contribution in [-0.2, 0) is 9.59 Å². The molecule has 0 radical (unpaired) electrons. The van der Waals surface area contributed by atoms with E-state index in [2.05, 4.69) is 24.5 Å². The van der Waals surface area contributed by atoms with Gasteiger partial charge in [-0.25, -0.2) is 0 Å². The Morgan fingerprint density at radius 3 is 1.13 bits per heavy atom. The average Bonchev–Trinajstić information content (AvgIpc) is 3.23. The van der Waals surface area contributed by atoms with E-state index in [0.29, 0.717) is 17.5 Å². The zero-order valence-electron chi connectivity index (χ0n) is 39.6. The van der Waals surface area contributed by atoms with Gasteiger partial charge in [-0.2, -0.15) is 0 Å². The summed E-state index contributed by atoms with van der Waals surface area (Å²) >= 11 is 0. The number of nitrogens with one attached hydrogen (secondary N) is 2. The minimum atomic E-state index is -0.777. The van der Waals surface area contributed by atoms with Crippen LogP contribution in [0.4, 0.5) is 0 Å². The Balaban J connectivity index is 2.49. The molecule has 1 aromatic carbocycles. The minimum absolute atomic E-state index is 0.0194. The number of benzene rings is 1. The number of rotatable bonds is 42. The second-order valence-electron chi connectivity index (χ2n) is 18.3. The fourth-order valence-corrected chi connectivity index (χ4v) is 8.19. The average molecular weight is 839 g/mol. The molecule has 60 heavy (non-hydrogen) atoms. The predicted octanol–water partition coefficient (Wildman–Crippen LogP) is 13.4. The minimum Gasteiger partial charge on any atom is -0.368 e. The van der Waals surface area contributed by atoms with Crippen LogP contribution in [0.1, 0.15) is 260 Å². The molecule has 1 aromatic rings. The summed E-state index contributed by atoms with van der Waals surface area (Å²) in [6.45, 7) is 9.70. The quantitative estimate of drug-likeness (QED) is 0.0568. The Morgan fingerprint density at radius 2 is 0.817 bits per heavy atom. The normalized spacial score (nSPS) is 11.8. The van der Waals surface area contributed by atoms with Gasteiger partial charge in [-0.3, -0.25) is 19.2 Å². The van der Waals surface area contributed by atoms with E-state index in [1.54, 1.807) is 24.3 Å². The van der Waals surface area contributed by atoms with Crippen molar-refractivity contribution in [1.82, 2.24) is 15.5 Å². The molecule has 346 valence electrons. The van der Waals surface area contributed by atoms with Gasteiger partial charge < -0.3 is 21.3 Å². The van der Waals surface area contributed by atoms with Gasteiger partial charge in [0, 0.05) is 24.2 Å². The number of amides is 4. The number of nitrogens with two attached hydrogens (primary N) is 1. The predicted molar refractivity (Wildman–Crippen MR) is 254 cm³/mol. The van der Waals surface area contributed by atoms with Crippen LogP contribution in [-0.4, -0.2) is 54.2 Å².